The molecule has 0 spiro atoms. The Labute approximate surface area is 201 Å². The fraction of sp³-hybridized carbons (Fsp3) is 0.800. The molecule has 0 fully saturated rings. The van der Waals surface area contributed by atoms with Gasteiger partial charge in [-0.05, 0) is 60.0 Å². The highest BCUT2D eigenvalue weighted by Crippen LogP contribution is 2.38. The predicted octanol–water partition coefficient (Wildman–Crippen LogP) is 11.2. The van der Waals surface area contributed by atoms with E-state index < -0.39 is 0 Å². The van der Waals surface area contributed by atoms with Crippen molar-refractivity contribution in [1.82, 2.24) is 0 Å². The zero-order valence-electron chi connectivity index (χ0n) is 15.9. The lowest BCUT2D eigenvalue weighted by molar-refractivity contribution is 0.538. The van der Waals surface area contributed by atoms with Gasteiger partial charge in [0.25, 0.3) is 0 Å². The van der Waals surface area contributed by atoms with E-state index in [1.165, 1.54) is 89.9 Å². The van der Waals surface area contributed by atoms with E-state index in [1.807, 2.05) is 0 Å². The molecule has 0 heterocycles. The van der Waals surface area contributed by atoms with E-state index in [1.54, 1.807) is 11.8 Å². The van der Waals surface area contributed by atoms with Crippen molar-refractivity contribution in [3.8, 4) is 0 Å². The van der Waals surface area contributed by atoms with Crippen molar-refractivity contribution in [1.29, 1.82) is 0 Å². The van der Waals surface area contributed by atoms with Crippen molar-refractivity contribution < 1.29 is 0 Å². The van der Waals surface area contributed by atoms with Crippen LogP contribution in [0.5, 0.6) is 0 Å². The smallest absolute Gasteiger partial charge is 0.103 e. The number of halogens is 5. The highest BCUT2D eigenvalue weighted by Gasteiger charge is 2.08. The lowest BCUT2D eigenvalue weighted by Gasteiger charge is -2.05. The summed E-state index contributed by atoms with van der Waals surface area (Å²) in [6.07, 6.45) is 19.5. The molecule has 0 radical (unpaired) electrons. The van der Waals surface area contributed by atoms with Crippen LogP contribution >= 0.6 is 82.8 Å². The summed E-state index contributed by atoms with van der Waals surface area (Å²) < 4.78 is 2.21. The van der Waals surface area contributed by atoms with E-state index in [-0.39, 0.29) is 0 Å². The maximum Gasteiger partial charge on any atom is 0.103 e. The van der Waals surface area contributed by atoms with Crippen LogP contribution < -0.4 is 0 Å². The van der Waals surface area contributed by atoms with Crippen molar-refractivity contribution >= 4 is 82.8 Å². The number of rotatable bonds is 17. The molecule has 0 saturated carbocycles. The number of thioether (sulfide) groups is 1. The highest BCUT2D eigenvalue weighted by atomic mass is 79.9. The van der Waals surface area contributed by atoms with Crippen LogP contribution in [0.1, 0.15) is 96.8 Å². The predicted molar refractivity (Wildman–Crippen MR) is 135 cm³/mol. The molecule has 0 aliphatic carbocycles. The van der Waals surface area contributed by atoms with Crippen molar-refractivity contribution in [2.45, 2.75) is 96.8 Å². The topological polar surface area (TPSA) is 0 Å². The van der Waals surface area contributed by atoms with Crippen LogP contribution in [0.15, 0.2) is 17.3 Å². The third kappa shape index (κ3) is 16.8. The zero-order chi connectivity index (χ0) is 19.6. The van der Waals surface area contributed by atoms with Crippen LogP contribution in [0.25, 0.3) is 0 Å². The Hall–Kier alpha value is 1.85. The molecule has 0 amide bonds. The molecule has 0 aromatic heterocycles. The minimum absolute atomic E-state index is 0.417. The van der Waals surface area contributed by atoms with Crippen molar-refractivity contribution in [3.63, 3.8) is 0 Å². The van der Waals surface area contributed by atoms with Gasteiger partial charge in [-0.2, -0.15) is 0 Å². The molecule has 0 nitrogen and oxygen atoms in total. The Morgan fingerprint density at radius 2 is 1.04 bits per heavy atom. The second-order valence-electron chi connectivity index (χ2n) is 6.61. The van der Waals surface area contributed by atoms with E-state index in [0.29, 0.717) is 8.97 Å². The average molecular weight is 616 g/mol. The van der Waals surface area contributed by atoms with E-state index in [0.717, 1.165) is 14.0 Å². The first kappa shape index (κ1) is 27.8. The van der Waals surface area contributed by atoms with Gasteiger partial charge in [-0.15, -0.1) is 11.8 Å². The monoisotopic (exact) mass is 612 g/mol. The third-order valence-corrected chi connectivity index (χ3v) is 9.40. The van der Waals surface area contributed by atoms with Gasteiger partial charge in [0.05, 0.1) is 13.3 Å². The van der Waals surface area contributed by atoms with Gasteiger partial charge in [0.1, 0.15) is 3.94 Å². The molecule has 26 heavy (non-hydrogen) atoms. The number of allylic oxidation sites excluding steroid dienone is 2. The summed E-state index contributed by atoms with van der Waals surface area (Å²) >= 11 is 23.9. The van der Waals surface area contributed by atoms with Gasteiger partial charge in [0, 0.05) is 0 Å². The molecule has 0 rings (SSSR count). The normalized spacial score (nSPS) is 13.6. The van der Waals surface area contributed by atoms with Crippen LogP contribution in [-0.2, 0) is 0 Å². The van der Waals surface area contributed by atoms with Crippen LogP contribution in [-0.4, -0.2) is 5.75 Å². The first-order chi connectivity index (χ1) is 12.5. The van der Waals surface area contributed by atoms with Gasteiger partial charge in [0.15, 0.2) is 0 Å². The molecular formula is C20H33Br3Cl2S. The van der Waals surface area contributed by atoms with Crippen LogP contribution in [0.2, 0.25) is 0 Å². The number of hydrogen-bond acceptors (Lipinski definition) is 1. The molecule has 0 aromatic rings. The van der Waals surface area contributed by atoms with Gasteiger partial charge in [0.2, 0.25) is 0 Å². The first-order valence-corrected chi connectivity index (χ1v) is 14.0. The van der Waals surface area contributed by atoms with Gasteiger partial charge in [-0.25, -0.2) is 0 Å². The quantitative estimate of drug-likeness (QED) is 0.116. The summed E-state index contributed by atoms with van der Waals surface area (Å²) in [5.41, 5.74) is 0. The number of unbranched alkanes of at least 4 members (excludes halogenated alkanes) is 13. The van der Waals surface area contributed by atoms with Gasteiger partial charge >= 0.3 is 0 Å². The summed E-state index contributed by atoms with van der Waals surface area (Å²) in [5.74, 6) is 1.10. The summed E-state index contributed by atoms with van der Waals surface area (Å²) in [6, 6.07) is 0. The molecule has 0 saturated heterocycles. The van der Waals surface area contributed by atoms with Gasteiger partial charge < -0.3 is 0 Å². The molecule has 0 aliphatic heterocycles. The van der Waals surface area contributed by atoms with Gasteiger partial charge in [-0.3, -0.25) is 0 Å². The maximum absolute atomic E-state index is 6.08. The van der Waals surface area contributed by atoms with Crippen LogP contribution in [0.3, 0.4) is 0 Å². The molecule has 0 aromatic carbocycles. The Bertz CT molecular complexity index is 408. The molecule has 154 valence electrons. The third-order valence-electron chi connectivity index (χ3n) is 4.26. The van der Waals surface area contributed by atoms with Gasteiger partial charge in [-0.1, -0.05) is 114 Å². The fourth-order valence-corrected chi connectivity index (χ4v) is 5.61. The SMILES string of the molecule is CCCCCCCCCCCCCCCCS/C(Br)=C(Br)/C(Cl)=C(/Cl)Br. The molecular weight excluding hydrogens is 583 g/mol. The second kappa shape index (κ2) is 20.1. The Balaban J connectivity index is 3.42. The average Bonchev–Trinajstić information content (AvgIpc) is 2.63. The summed E-state index contributed by atoms with van der Waals surface area (Å²) in [6.45, 7) is 2.28. The standard InChI is InChI=1S/C20H33Br3Cl2S/c1-2-3-4-5-6-7-8-9-10-11-12-13-14-15-16-26-20(23)17(21)18(24)19(22)25/h2-16H2,1H3/b19-18-,20-17-. The maximum atomic E-state index is 6.08. The minimum Gasteiger partial charge on any atom is -0.117 e. The van der Waals surface area contributed by atoms with Crippen molar-refractivity contribution in [2.24, 2.45) is 0 Å². The molecule has 0 aliphatic rings. The summed E-state index contributed by atoms with van der Waals surface area (Å²) in [7, 11) is 0. The molecule has 0 N–H and O–H groups in total. The first-order valence-electron chi connectivity index (χ1n) is 9.89. The highest BCUT2D eigenvalue weighted by molar-refractivity contribution is 9.16. The van der Waals surface area contributed by atoms with E-state index in [4.69, 9.17) is 23.2 Å². The van der Waals surface area contributed by atoms with Crippen LogP contribution in [0, 0.1) is 0 Å². The second-order valence-corrected chi connectivity index (χ2v) is 11.8. The summed E-state index contributed by atoms with van der Waals surface area (Å²) in [4.78, 5) is 0. The lowest BCUT2D eigenvalue weighted by Crippen LogP contribution is -1.85. The number of hydrogen-bond donors (Lipinski definition) is 0. The minimum atomic E-state index is 0.417. The van der Waals surface area contributed by atoms with E-state index in [2.05, 4.69) is 54.7 Å². The van der Waals surface area contributed by atoms with E-state index >= 15 is 0 Å². The Morgan fingerprint density at radius 1 is 0.654 bits per heavy atom. The van der Waals surface area contributed by atoms with Crippen LogP contribution in [0.4, 0.5) is 0 Å². The molecule has 0 bridgehead atoms. The molecule has 6 heteroatoms. The van der Waals surface area contributed by atoms with E-state index in [9.17, 15) is 0 Å². The van der Waals surface area contributed by atoms with Crippen molar-refractivity contribution in [3.05, 3.63) is 17.3 Å². The Kier molecular flexibility index (Phi) is 21.6. The molecule has 0 atom stereocenters. The fourth-order valence-electron chi connectivity index (χ4n) is 2.69. The Morgan fingerprint density at radius 3 is 1.42 bits per heavy atom. The summed E-state index contributed by atoms with van der Waals surface area (Å²) in [5, 5.41) is 0.493. The lowest BCUT2D eigenvalue weighted by atomic mass is 10.0. The van der Waals surface area contributed by atoms with Crippen molar-refractivity contribution in [2.75, 3.05) is 5.75 Å². The zero-order valence-corrected chi connectivity index (χ0v) is 23.0. The largest absolute Gasteiger partial charge is 0.117 e. The molecule has 0 unspecified atom stereocenters.